The summed E-state index contributed by atoms with van der Waals surface area (Å²) in [5, 5.41) is 0.425. The lowest BCUT2D eigenvalue weighted by molar-refractivity contribution is 0.301. The van der Waals surface area contributed by atoms with Crippen molar-refractivity contribution in [1.82, 2.24) is 9.97 Å². The van der Waals surface area contributed by atoms with Crippen molar-refractivity contribution in [2.75, 3.05) is 13.2 Å². The van der Waals surface area contributed by atoms with Gasteiger partial charge in [0.2, 0.25) is 5.88 Å². The fraction of sp³-hybridized carbons (Fsp3) is 0.429. The van der Waals surface area contributed by atoms with Crippen LogP contribution < -0.4 is 10.5 Å². The van der Waals surface area contributed by atoms with E-state index in [1.165, 1.54) is 12.5 Å². The zero-order valence-corrected chi connectivity index (χ0v) is 7.29. The molecule has 5 heteroatoms. The number of halogens is 1. The topological polar surface area (TPSA) is 61.0 Å². The van der Waals surface area contributed by atoms with Crippen molar-refractivity contribution in [1.29, 1.82) is 0 Å². The Hall–Kier alpha value is -0.870. The van der Waals surface area contributed by atoms with Crippen molar-refractivity contribution >= 4 is 11.6 Å². The van der Waals surface area contributed by atoms with E-state index in [1.807, 2.05) is 0 Å². The minimum Gasteiger partial charge on any atom is -0.476 e. The first-order valence-corrected chi connectivity index (χ1v) is 4.00. The molecule has 0 saturated heterocycles. The summed E-state index contributed by atoms with van der Waals surface area (Å²) in [7, 11) is 0. The third-order valence-electron chi connectivity index (χ3n) is 1.22. The smallest absolute Gasteiger partial charge is 0.235 e. The minimum atomic E-state index is 0.417. The van der Waals surface area contributed by atoms with Gasteiger partial charge in [-0.2, -0.15) is 0 Å². The highest BCUT2D eigenvalue weighted by atomic mass is 35.5. The fourth-order valence-electron chi connectivity index (χ4n) is 0.660. The van der Waals surface area contributed by atoms with Gasteiger partial charge in [0, 0.05) is 0 Å². The van der Waals surface area contributed by atoms with Gasteiger partial charge >= 0.3 is 0 Å². The van der Waals surface area contributed by atoms with Crippen LogP contribution >= 0.6 is 11.6 Å². The quantitative estimate of drug-likeness (QED) is 0.711. The lowest BCUT2D eigenvalue weighted by atomic mass is 10.5. The van der Waals surface area contributed by atoms with E-state index in [0.717, 1.165) is 6.42 Å². The van der Waals surface area contributed by atoms with Gasteiger partial charge in [0.25, 0.3) is 0 Å². The van der Waals surface area contributed by atoms with E-state index in [-0.39, 0.29) is 0 Å². The van der Waals surface area contributed by atoms with Crippen LogP contribution in [0.15, 0.2) is 12.5 Å². The Morgan fingerprint density at radius 1 is 1.58 bits per heavy atom. The molecule has 0 atom stereocenters. The molecule has 1 aromatic rings. The van der Waals surface area contributed by atoms with Gasteiger partial charge in [-0.1, -0.05) is 11.6 Å². The maximum Gasteiger partial charge on any atom is 0.235 e. The molecule has 0 bridgehead atoms. The molecule has 1 heterocycles. The molecule has 1 rings (SSSR count). The molecule has 0 unspecified atom stereocenters. The number of nitrogens with two attached hydrogens (primary N) is 1. The Kier molecular flexibility index (Phi) is 3.76. The Morgan fingerprint density at radius 2 is 2.42 bits per heavy atom. The summed E-state index contributed by atoms with van der Waals surface area (Å²) in [4.78, 5) is 7.57. The first-order valence-electron chi connectivity index (χ1n) is 3.63. The van der Waals surface area contributed by atoms with E-state index in [0.29, 0.717) is 24.1 Å². The maximum atomic E-state index is 5.72. The van der Waals surface area contributed by atoms with Crippen LogP contribution in [0.3, 0.4) is 0 Å². The number of hydrogen-bond acceptors (Lipinski definition) is 4. The van der Waals surface area contributed by atoms with Gasteiger partial charge in [-0.15, -0.1) is 0 Å². The molecule has 0 aliphatic rings. The van der Waals surface area contributed by atoms with Gasteiger partial charge in [0.15, 0.2) is 0 Å². The molecule has 0 aliphatic heterocycles. The maximum absolute atomic E-state index is 5.72. The Balaban J connectivity index is 2.46. The van der Waals surface area contributed by atoms with Crippen LogP contribution in [0.1, 0.15) is 6.42 Å². The summed E-state index contributed by atoms with van der Waals surface area (Å²) < 4.78 is 5.21. The summed E-state index contributed by atoms with van der Waals surface area (Å²) in [5.41, 5.74) is 5.28. The number of hydrogen-bond donors (Lipinski definition) is 1. The highest BCUT2D eigenvalue weighted by Gasteiger charge is 2.00. The molecule has 2 N–H and O–H groups in total. The summed E-state index contributed by atoms with van der Waals surface area (Å²) in [5.74, 6) is 0.417. The predicted molar refractivity (Wildman–Crippen MR) is 46.2 cm³/mol. The van der Waals surface area contributed by atoms with Gasteiger partial charge < -0.3 is 10.5 Å². The second kappa shape index (κ2) is 4.90. The predicted octanol–water partition coefficient (Wildman–Crippen LogP) is 0.858. The van der Waals surface area contributed by atoms with E-state index >= 15 is 0 Å². The Bertz CT molecular complexity index is 244. The molecule has 1 aromatic heterocycles. The number of aromatic nitrogens is 2. The zero-order chi connectivity index (χ0) is 8.81. The fourth-order valence-corrected chi connectivity index (χ4v) is 0.820. The second-order valence-electron chi connectivity index (χ2n) is 2.17. The molecule has 0 saturated carbocycles. The second-order valence-corrected chi connectivity index (χ2v) is 2.57. The lowest BCUT2D eigenvalue weighted by Crippen LogP contribution is -2.07. The molecule has 0 aliphatic carbocycles. The zero-order valence-electron chi connectivity index (χ0n) is 6.53. The number of nitrogens with zero attached hydrogens (tertiary/aromatic N) is 2. The standard InChI is InChI=1S/C7H10ClN3O/c8-6-4-10-5-11-7(6)12-3-1-2-9/h4-5H,1-3,9H2. The Morgan fingerprint density at radius 3 is 3.08 bits per heavy atom. The summed E-state index contributed by atoms with van der Waals surface area (Å²) >= 11 is 5.72. The molecule has 0 radical (unpaired) electrons. The highest BCUT2D eigenvalue weighted by Crippen LogP contribution is 2.18. The van der Waals surface area contributed by atoms with Crippen LogP contribution in [0.4, 0.5) is 0 Å². The largest absolute Gasteiger partial charge is 0.476 e. The van der Waals surface area contributed by atoms with Crippen molar-refractivity contribution in [3.63, 3.8) is 0 Å². The van der Waals surface area contributed by atoms with Crippen LogP contribution in [0.25, 0.3) is 0 Å². The molecular weight excluding hydrogens is 178 g/mol. The average Bonchev–Trinajstić information content (AvgIpc) is 2.09. The van der Waals surface area contributed by atoms with E-state index < -0.39 is 0 Å². The van der Waals surface area contributed by atoms with E-state index in [1.54, 1.807) is 0 Å². The van der Waals surface area contributed by atoms with Crippen molar-refractivity contribution in [3.05, 3.63) is 17.5 Å². The van der Waals surface area contributed by atoms with Crippen LogP contribution in [0.5, 0.6) is 5.88 Å². The first kappa shape index (κ1) is 9.22. The molecule has 12 heavy (non-hydrogen) atoms. The van der Waals surface area contributed by atoms with Crippen LogP contribution in [-0.2, 0) is 0 Å². The monoisotopic (exact) mass is 187 g/mol. The normalized spacial score (nSPS) is 9.83. The van der Waals surface area contributed by atoms with Crippen molar-refractivity contribution < 1.29 is 4.74 Å². The molecule has 4 nitrogen and oxygen atoms in total. The summed E-state index contributed by atoms with van der Waals surface area (Å²) in [6, 6.07) is 0. The third-order valence-corrected chi connectivity index (χ3v) is 1.48. The molecule has 0 fully saturated rings. The summed E-state index contributed by atoms with van der Waals surface area (Å²) in [6.07, 6.45) is 3.68. The third kappa shape index (κ3) is 2.64. The number of rotatable bonds is 4. The van der Waals surface area contributed by atoms with Gasteiger partial charge in [0.05, 0.1) is 12.8 Å². The van der Waals surface area contributed by atoms with Gasteiger partial charge in [-0.3, -0.25) is 0 Å². The van der Waals surface area contributed by atoms with Gasteiger partial charge in [-0.05, 0) is 13.0 Å². The highest BCUT2D eigenvalue weighted by molar-refractivity contribution is 6.31. The average molecular weight is 188 g/mol. The molecule has 0 spiro atoms. The van der Waals surface area contributed by atoms with Gasteiger partial charge in [-0.25, -0.2) is 9.97 Å². The van der Waals surface area contributed by atoms with E-state index in [2.05, 4.69) is 9.97 Å². The SMILES string of the molecule is NCCCOc1ncncc1Cl. The van der Waals surface area contributed by atoms with Crippen molar-refractivity contribution in [2.24, 2.45) is 5.73 Å². The van der Waals surface area contributed by atoms with Crippen LogP contribution in [0, 0.1) is 0 Å². The van der Waals surface area contributed by atoms with Crippen molar-refractivity contribution in [2.45, 2.75) is 6.42 Å². The first-order chi connectivity index (χ1) is 5.84. The van der Waals surface area contributed by atoms with E-state index in [4.69, 9.17) is 22.1 Å². The lowest BCUT2D eigenvalue weighted by Gasteiger charge is -2.03. The summed E-state index contributed by atoms with van der Waals surface area (Å²) in [6.45, 7) is 1.13. The van der Waals surface area contributed by atoms with E-state index in [9.17, 15) is 0 Å². The van der Waals surface area contributed by atoms with Crippen LogP contribution in [0.2, 0.25) is 5.02 Å². The van der Waals surface area contributed by atoms with Gasteiger partial charge in [0.1, 0.15) is 11.3 Å². The molecule has 0 amide bonds. The number of ether oxygens (including phenoxy) is 1. The van der Waals surface area contributed by atoms with Crippen molar-refractivity contribution in [3.8, 4) is 5.88 Å². The minimum absolute atomic E-state index is 0.417. The molecule has 66 valence electrons. The van der Waals surface area contributed by atoms with Crippen LogP contribution in [-0.4, -0.2) is 23.1 Å². The molecular formula is C7H10ClN3O. The Labute approximate surface area is 75.7 Å². The molecule has 0 aromatic carbocycles.